The summed E-state index contributed by atoms with van der Waals surface area (Å²) < 4.78 is 12.9. The summed E-state index contributed by atoms with van der Waals surface area (Å²) in [6.07, 6.45) is 4.49. The third kappa shape index (κ3) is 2.98. The molecular formula is C15H18FN3S. The van der Waals surface area contributed by atoms with Crippen molar-refractivity contribution in [1.82, 2.24) is 10.2 Å². The number of aromatic nitrogens is 2. The summed E-state index contributed by atoms with van der Waals surface area (Å²) in [6.45, 7) is 3.33. The van der Waals surface area contributed by atoms with Crippen LogP contribution in [0.5, 0.6) is 0 Å². The van der Waals surface area contributed by atoms with Crippen LogP contribution >= 0.6 is 11.3 Å². The second-order valence-electron chi connectivity index (χ2n) is 5.32. The zero-order chi connectivity index (χ0) is 13.9. The van der Waals surface area contributed by atoms with E-state index in [1.165, 1.54) is 31.4 Å². The van der Waals surface area contributed by atoms with Crippen molar-refractivity contribution in [2.45, 2.75) is 38.6 Å². The summed E-state index contributed by atoms with van der Waals surface area (Å²) >= 11 is 1.65. The summed E-state index contributed by atoms with van der Waals surface area (Å²) in [4.78, 5) is 2.36. The van der Waals surface area contributed by atoms with E-state index >= 15 is 0 Å². The van der Waals surface area contributed by atoms with E-state index in [1.807, 2.05) is 0 Å². The molecule has 0 spiro atoms. The second kappa shape index (κ2) is 5.87. The van der Waals surface area contributed by atoms with E-state index in [9.17, 15) is 4.39 Å². The number of anilines is 1. The maximum absolute atomic E-state index is 12.9. The second-order valence-corrected chi connectivity index (χ2v) is 6.36. The summed E-state index contributed by atoms with van der Waals surface area (Å²) in [5.41, 5.74) is 1.07. The first-order valence-electron chi connectivity index (χ1n) is 7.06. The Morgan fingerprint density at radius 2 is 2.05 bits per heavy atom. The fourth-order valence-corrected chi connectivity index (χ4v) is 3.59. The molecule has 0 saturated carbocycles. The van der Waals surface area contributed by atoms with Crippen LogP contribution in [0.2, 0.25) is 0 Å². The van der Waals surface area contributed by atoms with Gasteiger partial charge < -0.3 is 4.90 Å². The van der Waals surface area contributed by atoms with Crippen LogP contribution in [0.3, 0.4) is 0 Å². The SMILES string of the molecule is CC1CCCCN1c1nnc(Cc2ccc(F)cc2)s1. The van der Waals surface area contributed by atoms with E-state index in [0.717, 1.165) is 28.7 Å². The van der Waals surface area contributed by atoms with Crippen molar-refractivity contribution in [3.05, 3.63) is 40.7 Å². The average Bonchev–Trinajstić information content (AvgIpc) is 2.90. The Labute approximate surface area is 122 Å². The molecule has 1 saturated heterocycles. The minimum Gasteiger partial charge on any atom is -0.344 e. The van der Waals surface area contributed by atoms with Crippen molar-refractivity contribution < 1.29 is 4.39 Å². The van der Waals surface area contributed by atoms with Crippen LogP contribution in [0, 0.1) is 5.82 Å². The number of halogens is 1. The van der Waals surface area contributed by atoms with Gasteiger partial charge in [-0.05, 0) is 43.9 Å². The van der Waals surface area contributed by atoms with Crippen LogP contribution in [0.25, 0.3) is 0 Å². The number of piperidine rings is 1. The lowest BCUT2D eigenvalue weighted by Gasteiger charge is -2.32. The van der Waals surface area contributed by atoms with Crippen LogP contribution in [-0.4, -0.2) is 22.8 Å². The molecule has 2 heterocycles. The third-order valence-corrected chi connectivity index (χ3v) is 4.73. The highest BCUT2D eigenvalue weighted by Gasteiger charge is 2.21. The molecule has 2 aromatic rings. The lowest BCUT2D eigenvalue weighted by atomic mass is 10.1. The number of hydrogen-bond donors (Lipinski definition) is 0. The molecule has 5 heteroatoms. The number of hydrogen-bond acceptors (Lipinski definition) is 4. The zero-order valence-electron chi connectivity index (χ0n) is 11.6. The molecular weight excluding hydrogens is 273 g/mol. The first kappa shape index (κ1) is 13.5. The monoisotopic (exact) mass is 291 g/mol. The van der Waals surface area contributed by atoms with E-state index < -0.39 is 0 Å². The number of benzene rings is 1. The summed E-state index contributed by atoms with van der Waals surface area (Å²) in [5.74, 6) is -0.200. The van der Waals surface area contributed by atoms with Gasteiger partial charge in [-0.1, -0.05) is 23.5 Å². The van der Waals surface area contributed by atoms with Crippen LogP contribution < -0.4 is 4.90 Å². The van der Waals surface area contributed by atoms with Crippen molar-refractivity contribution in [2.75, 3.05) is 11.4 Å². The Morgan fingerprint density at radius 1 is 1.25 bits per heavy atom. The first-order valence-corrected chi connectivity index (χ1v) is 7.87. The topological polar surface area (TPSA) is 29.0 Å². The Kier molecular flexibility index (Phi) is 3.96. The molecule has 0 aliphatic carbocycles. The Bertz CT molecular complexity index is 567. The van der Waals surface area contributed by atoms with Gasteiger partial charge in [-0.15, -0.1) is 10.2 Å². The lowest BCUT2D eigenvalue weighted by Crippen LogP contribution is -2.37. The van der Waals surface area contributed by atoms with Crippen molar-refractivity contribution >= 4 is 16.5 Å². The molecule has 1 unspecified atom stereocenters. The third-order valence-electron chi connectivity index (χ3n) is 3.77. The van der Waals surface area contributed by atoms with Gasteiger partial charge in [-0.3, -0.25) is 0 Å². The predicted octanol–water partition coefficient (Wildman–Crippen LogP) is 3.65. The molecule has 0 amide bonds. The molecule has 1 aromatic heterocycles. The fourth-order valence-electron chi connectivity index (χ4n) is 2.59. The van der Waals surface area contributed by atoms with E-state index in [1.54, 1.807) is 23.5 Å². The van der Waals surface area contributed by atoms with Crippen LogP contribution in [0.15, 0.2) is 24.3 Å². The molecule has 1 aromatic carbocycles. The predicted molar refractivity (Wildman–Crippen MR) is 79.8 cm³/mol. The van der Waals surface area contributed by atoms with E-state index in [2.05, 4.69) is 22.0 Å². The Balaban J connectivity index is 1.71. The molecule has 0 bridgehead atoms. The van der Waals surface area contributed by atoms with Crippen molar-refractivity contribution in [3.8, 4) is 0 Å². The van der Waals surface area contributed by atoms with Gasteiger partial charge >= 0.3 is 0 Å². The fraction of sp³-hybridized carbons (Fsp3) is 0.467. The molecule has 1 aliphatic heterocycles. The quantitative estimate of drug-likeness (QED) is 0.864. The lowest BCUT2D eigenvalue weighted by molar-refractivity contribution is 0.483. The highest BCUT2D eigenvalue weighted by Crippen LogP contribution is 2.28. The van der Waals surface area contributed by atoms with E-state index in [4.69, 9.17) is 0 Å². The maximum atomic E-state index is 12.9. The number of rotatable bonds is 3. The average molecular weight is 291 g/mol. The Hall–Kier alpha value is -1.49. The molecule has 3 rings (SSSR count). The molecule has 20 heavy (non-hydrogen) atoms. The van der Waals surface area contributed by atoms with Gasteiger partial charge in [0.1, 0.15) is 10.8 Å². The highest BCUT2D eigenvalue weighted by atomic mass is 32.1. The maximum Gasteiger partial charge on any atom is 0.208 e. The van der Waals surface area contributed by atoms with Gasteiger partial charge in [-0.2, -0.15) is 0 Å². The van der Waals surface area contributed by atoms with Gasteiger partial charge in [0.15, 0.2) is 0 Å². The minimum atomic E-state index is -0.200. The van der Waals surface area contributed by atoms with Gasteiger partial charge in [-0.25, -0.2) is 4.39 Å². The highest BCUT2D eigenvalue weighted by molar-refractivity contribution is 7.15. The van der Waals surface area contributed by atoms with Crippen LogP contribution in [0.4, 0.5) is 9.52 Å². The molecule has 1 aliphatic rings. The van der Waals surface area contributed by atoms with Crippen molar-refractivity contribution in [1.29, 1.82) is 0 Å². The normalized spacial score (nSPS) is 19.3. The van der Waals surface area contributed by atoms with Crippen LogP contribution in [0.1, 0.15) is 36.8 Å². The first-order chi connectivity index (χ1) is 9.72. The van der Waals surface area contributed by atoms with Crippen LogP contribution in [-0.2, 0) is 6.42 Å². The smallest absolute Gasteiger partial charge is 0.208 e. The molecule has 0 radical (unpaired) electrons. The summed E-state index contributed by atoms with van der Waals surface area (Å²) in [6, 6.07) is 7.14. The van der Waals surface area contributed by atoms with Crippen molar-refractivity contribution in [3.63, 3.8) is 0 Å². The number of nitrogens with zero attached hydrogens (tertiary/aromatic N) is 3. The minimum absolute atomic E-state index is 0.200. The van der Waals surface area contributed by atoms with E-state index in [-0.39, 0.29) is 5.82 Å². The molecule has 3 nitrogen and oxygen atoms in total. The van der Waals surface area contributed by atoms with Gasteiger partial charge in [0.2, 0.25) is 5.13 Å². The van der Waals surface area contributed by atoms with Gasteiger partial charge in [0.25, 0.3) is 0 Å². The van der Waals surface area contributed by atoms with Crippen molar-refractivity contribution in [2.24, 2.45) is 0 Å². The molecule has 0 N–H and O–H groups in total. The molecule has 1 atom stereocenters. The van der Waals surface area contributed by atoms with Gasteiger partial charge in [0, 0.05) is 19.0 Å². The standard InChI is InChI=1S/C15H18FN3S/c1-11-4-2-3-9-19(11)15-18-17-14(20-15)10-12-5-7-13(16)8-6-12/h5-8,11H,2-4,9-10H2,1H3. The van der Waals surface area contributed by atoms with E-state index in [0.29, 0.717) is 6.04 Å². The summed E-state index contributed by atoms with van der Waals surface area (Å²) in [7, 11) is 0. The zero-order valence-corrected chi connectivity index (χ0v) is 12.4. The molecule has 1 fully saturated rings. The summed E-state index contributed by atoms with van der Waals surface area (Å²) in [5, 5.41) is 10.6. The Morgan fingerprint density at radius 3 is 2.80 bits per heavy atom. The van der Waals surface area contributed by atoms with Gasteiger partial charge in [0.05, 0.1) is 0 Å². The molecule has 106 valence electrons. The largest absolute Gasteiger partial charge is 0.344 e.